The molecule has 0 fully saturated rings. The number of halogens is 1. The van der Waals surface area contributed by atoms with Crippen molar-refractivity contribution in [1.82, 2.24) is 34.3 Å². The van der Waals surface area contributed by atoms with Gasteiger partial charge in [0.25, 0.3) is 0 Å². The second kappa shape index (κ2) is 8.47. The first-order valence-corrected chi connectivity index (χ1v) is 10.1. The summed E-state index contributed by atoms with van der Waals surface area (Å²) < 4.78 is 23.3. The minimum Gasteiger partial charge on any atom is -0.487 e. The third-order valence-corrected chi connectivity index (χ3v) is 5.02. The Bertz CT molecular complexity index is 1470. The first kappa shape index (κ1) is 20.3. The average molecular weight is 440 g/mol. The molecule has 0 bridgehead atoms. The first-order chi connectivity index (χ1) is 16.1. The summed E-state index contributed by atoms with van der Waals surface area (Å²) in [6.07, 6.45) is 8.03. The molecule has 0 unspecified atom stereocenters. The number of imidazole rings is 1. The average Bonchev–Trinajstić information content (AvgIpc) is 3.48. The molecule has 0 aliphatic rings. The monoisotopic (exact) mass is 440 g/mol. The molecule has 0 aliphatic heterocycles. The summed E-state index contributed by atoms with van der Waals surface area (Å²) >= 11 is 0. The van der Waals surface area contributed by atoms with Crippen molar-refractivity contribution in [3.8, 4) is 34.3 Å². The van der Waals surface area contributed by atoms with E-state index < -0.39 is 5.82 Å². The summed E-state index contributed by atoms with van der Waals surface area (Å²) in [6, 6.07) is 11.6. The van der Waals surface area contributed by atoms with E-state index in [0.29, 0.717) is 40.5 Å². The quantitative estimate of drug-likeness (QED) is 0.398. The standard InChI is InChI=1S/C23H17FN8O/c1-15(12-31-13-28-29-14-31)33-19-6-17(9-26-10-19)21-4-5-23-27-11-22(32(23)30-21)20-7-18(24)3-2-16(20)8-25/h2-7,9-11,13-15H,12H2,1H3/t15-/m0/s1. The van der Waals surface area contributed by atoms with E-state index >= 15 is 0 Å². The SMILES string of the molecule is C[C@@H](Cn1cnnc1)Oc1cncc(-c2ccc3ncc(-c4cc(F)ccc4C#N)n3n2)c1. The molecule has 1 aromatic carbocycles. The van der Waals surface area contributed by atoms with Crippen LogP contribution in [0, 0.1) is 17.1 Å². The molecule has 0 aliphatic carbocycles. The first-order valence-electron chi connectivity index (χ1n) is 10.1. The van der Waals surface area contributed by atoms with Gasteiger partial charge in [-0.25, -0.2) is 13.9 Å². The summed E-state index contributed by atoms with van der Waals surface area (Å²) in [6.45, 7) is 2.54. The summed E-state index contributed by atoms with van der Waals surface area (Å²) in [7, 11) is 0. The molecule has 33 heavy (non-hydrogen) atoms. The van der Waals surface area contributed by atoms with Crippen LogP contribution < -0.4 is 4.74 Å². The van der Waals surface area contributed by atoms with Gasteiger partial charge < -0.3 is 9.30 Å². The third-order valence-electron chi connectivity index (χ3n) is 5.02. The molecule has 162 valence electrons. The van der Waals surface area contributed by atoms with Crippen molar-refractivity contribution in [2.45, 2.75) is 19.6 Å². The van der Waals surface area contributed by atoms with Gasteiger partial charge in [-0.3, -0.25) is 4.98 Å². The molecule has 0 amide bonds. The molecule has 1 atom stereocenters. The fourth-order valence-electron chi connectivity index (χ4n) is 3.54. The van der Waals surface area contributed by atoms with Crippen molar-refractivity contribution in [3.63, 3.8) is 0 Å². The largest absolute Gasteiger partial charge is 0.487 e. The number of rotatable bonds is 6. The lowest BCUT2D eigenvalue weighted by atomic mass is 10.1. The van der Waals surface area contributed by atoms with E-state index in [0.717, 1.165) is 5.56 Å². The number of hydrogen-bond acceptors (Lipinski definition) is 7. The zero-order valence-corrected chi connectivity index (χ0v) is 17.5. The van der Waals surface area contributed by atoms with Gasteiger partial charge in [-0.1, -0.05) is 0 Å². The van der Waals surface area contributed by atoms with Crippen molar-refractivity contribution in [2.75, 3.05) is 0 Å². The highest BCUT2D eigenvalue weighted by Crippen LogP contribution is 2.27. The minimum absolute atomic E-state index is 0.133. The number of hydrogen-bond donors (Lipinski definition) is 0. The number of benzene rings is 1. The van der Waals surface area contributed by atoms with Crippen molar-refractivity contribution >= 4 is 5.65 Å². The summed E-state index contributed by atoms with van der Waals surface area (Å²) in [5.74, 6) is 0.155. The molecule has 0 radical (unpaired) electrons. The topological polar surface area (TPSA) is 107 Å². The van der Waals surface area contributed by atoms with Crippen LogP contribution in [0.1, 0.15) is 12.5 Å². The van der Waals surface area contributed by atoms with Crippen LogP contribution in [0.15, 0.2) is 67.6 Å². The Morgan fingerprint density at radius 3 is 2.76 bits per heavy atom. The van der Waals surface area contributed by atoms with Crippen LogP contribution in [0.4, 0.5) is 4.39 Å². The molecular formula is C23H17FN8O. The molecule has 4 heterocycles. The highest BCUT2D eigenvalue weighted by molar-refractivity contribution is 5.70. The number of nitriles is 1. The zero-order valence-electron chi connectivity index (χ0n) is 17.5. The fourth-order valence-corrected chi connectivity index (χ4v) is 3.54. The number of nitrogens with zero attached hydrogens (tertiary/aromatic N) is 8. The Morgan fingerprint density at radius 1 is 1.09 bits per heavy atom. The molecular weight excluding hydrogens is 423 g/mol. The maximum Gasteiger partial charge on any atom is 0.154 e. The lowest BCUT2D eigenvalue weighted by molar-refractivity contribution is 0.199. The van der Waals surface area contributed by atoms with Gasteiger partial charge >= 0.3 is 0 Å². The predicted octanol–water partition coefficient (Wildman–Crippen LogP) is 3.53. The summed E-state index contributed by atoms with van der Waals surface area (Å²) in [5, 5.41) is 21.7. The second-order valence-corrected chi connectivity index (χ2v) is 7.43. The van der Waals surface area contributed by atoms with Gasteiger partial charge in [-0.2, -0.15) is 10.4 Å². The Balaban J connectivity index is 1.48. The minimum atomic E-state index is -0.440. The van der Waals surface area contributed by atoms with E-state index in [2.05, 4.69) is 31.3 Å². The molecule has 5 aromatic rings. The fraction of sp³-hybridized carbons (Fsp3) is 0.130. The van der Waals surface area contributed by atoms with Crippen LogP contribution in [0.3, 0.4) is 0 Å². The Labute approximate surface area is 187 Å². The van der Waals surface area contributed by atoms with E-state index in [1.54, 1.807) is 41.8 Å². The van der Waals surface area contributed by atoms with E-state index in [9.17, 15) is 9.65 Å². The zero-order chi connectivity index (χ0) is 22.8. The third kappa shape index (κ3) is 4.12. The maximum atomic E-state index is 13.9. The lowest BCUT2D eigenvalue weighted by Crippen LogP contribution is -2.18. The Hall–Kier alpha value is -4.65. The molecule has 5 rings (SSSR count). The number of aromatic nitrogens is 7. The summed E-state index contributed by atoms with van der Waals surface area (Å²) in [4.78, 5) is 8.63. The second-order valence-electron chi connectivity index (χ2n) is 7.43. The van der Waals surface area contributed by atoms with E-state index in [1.165, 1.54) is 18.2 Å². The smallest absolute Gasteiger partial charge is 0.154 e. The van der Waals surface area contributed by atoms with Crippen molar-refractivity contribution in [2.24, 2.45) is 0 Å². The molecule has 0 spiro atoms. The van der Waals surface area contributed by atoms with E-state index in [1.807, 2.05) is 23.6 Å². The molecule has 10 heteroatoms. The van der Waals surface area contributed by atoms with Gasteiger partial charge in [0.15, 0.2) is 5.65 Å². The van der Waals surface area contributed by atoms with Gasteiger partial charge in [-0.05, 0) is 43.3 Å². The van der Waals surface area contributed by atoms with Crippen molar-refractivity contribution < 1.29 is 9.13 Å². The molecule has 0 saturated heterocycles. The summed E-state index contributed by atoms with van der Waals surface area (Å²) in [5.41, 5.74) is 3.22. The van der Waals surface area contributed by atoms with Gasteiger partial charge in [0, 0.05) is 17.3 Å². The van der Waals surface area contributed by atoms with Gasteiger partial charge in [0.05, 0.1) is 42.0 Å². The normalized spacial score (nSPS) is 11.9. The number of fused-ring (bicyclic) bond motifs is 1. The van der Waals surface area contributed by atoms with Crippen molar-refractivity contribution in [1.29, 1.82) is 5.26 Å². The van der Waals surface area contributed by atoms with Crippen LogP contribution in [-0.4, -0.2) is 40.5 Å². The molecule has 4 aromatic heterocycles. The van der Waals surface area contributed by atoms with Crippen LogP contribution in [0.2, 0.25) is 0 Å². The predicted molar refractivity (Wildman–Crippen MR) is 116 cm³/mol. The van der Waals surface area contributed by atoms with Gasteiger partial charge in [-0.15, -0.1) is 10.2 Å². The lowest BCUT2D eigenvalue weighted by Gasteiger charge is -2.15. The highest BCUT2D eigenvalue weighted by atomic mass is 19.1. The maximum absolute atomic E-state index is 13.9. The van der Waals surface area contributed by atoms with E-state index in [4.69, 9.17) is 4.74 Å². The number of ether oxygens (including phenoxy) is 1. The Kier molecular flexibility index (Phi) is 5.20. The van der Waals surface area contributed by atoms with Crippen LogP contribution >= 0.6 is 0 Å². The molecule has 0 N–H and O–H groups in total. The van der Waals surface area contributed by atoms with Crippen LogP contribution in [0.5, 0.6) is 5.75 Å². The van der Waals surface area contributed by atoms with Gasteiger partial charge in [0.2, 0.25) is 0 Å². The van der Waals surface area contributed by atoms with Crippen molar-refractivity contribution in [3.05, 3.63) is 79.0 Å². The van der Waals surface area contributed by atoms with Crippen LogP contribution in [0.25, 0.3) is 28.2 Å². The van der Waals surface area contributed by atoms with Gasteiger partial charge in [0.1, 0.15) is 30.3 Å². The number of pyridine rings is 1. The van der Waals surface area contributed by atoms with E-state index in [-0.39, 0.29) is 6.10 Å². The highest BCUT2D eigenvalue weighted by Gasteiger charge is 2.14. The molecule has 0 saturated carbocycles. The molecule has 9 nitrogen and oxygen atoms in total. The van der Waals surface area contributed by atoms with Crippen LogP contribution in [-0.2, 0) is 6.54 Å². The Morgan fingerprint density at radius 2 is 1.94 bits per heavy atom.